The van der Waals surface area contributed by atoms with Crippen LogP contribution in [0.2, 0.25) is 0 Å². The lowest BCUT2D eigenvalue weighted by Gasteiger charge is -2.48. The van der Waals surface area contributed by atoms with Crippen molar-refractivity contribution in [1.29, 1.82) is 0 Å². The second kappa shape index (κ2) is 11.3. The minimum absolute atomic E-state index is 0.134. The van der Waals surface area contributed by atoms with Crippen LogP contribution in [-0.4, -0.2) is 4.57 Å². The third-order valence-electron chi connectivity index (χ3n) is 10.8. The first kappa shape index (κ1) is 29.4. The van der Waals surface area contributed by atoms with Crippen molar-refractivity contribution in [3.63, 3.8) is 0 Å². The second-order valence-corrected chi connectivity index (χ2v) is 13.6. The number of para-hydroxylation sites is 5. The summed E-state index contributed by atoms with van der Waals surface area (Å²) in [7, 11) is 0. The van der Waals surface area contributed by atoms with Crippen LogP contribution >= 0.6 is 0 Å². The fraction of sp³-hybridized carbons (Fsp3) is 0.0638. The molecule has 0 amide bonds. The third kappa shape index (κ3) is 4.20. The molecule has 51 heavy (non-hydrogen) atoms. The van der Waals surface area contributed by atoms with Crippen LogP contribution in [0, 0.1) is 0 Å². The maximum atomic E-state index is 7.07. The molecule has 8 aromatic rings. The zero-order valence-electron chi connectivity index (χ0n) is 28.2. The number of anilines is 3. The maximum Gasteiger partial charge on any atom is 0.134 e. The number of nitrogens with two attached hydrogens (primary N) is 1. The number of hydrogen-bond donors (Lipinski definition) is 1. The number of rotatable bonds is 4. The largest absolute Gasteiger partial charge is 0.457 e. The van der Waals surface area contributed by atoms with Gasteiger partial charge >= 0.3 is 0 Å². The Morgan fingerprint density at radius 1 is 0.569 bits per heavy atom. The van der Waals surface area contributed by atoms with Crippen molar-refractivity contribution in [2.45, 2.75) is 18.3 Å². The van der Waals surface area contributed by atoms with Gasteiger partial charge in [-0.25, -0.2) is 0 Å². The third-order valence-corrected chi connectivity index (χ3v) is 10.8. The fourth-order valence-corrected chi connectivity index (χ4v) is 8.65. The van der Waals surface area contributed by atoms with E-state index in [1.165, 1.54) is 16.7 Å². The zero-order valence-corrected chi connectivity index (χ0v) is 28.2. The van der Waals surface area contributed by atoms with E-state index in [9.17, 15) is 0 Å². The summed E-state index contributed by atoms with van der Waals surface area (Å²) in [5, 5.41) is 2.28. The molecule has 10 rings (SSSR count). The SMILES string of the molecule is CC(/C=C(\N)n1c2ccccc2c2cc3c(cc21)Oc1ccccc1C31c2ccccc2N(c2ccccc2)c2ccccc21)c1ccccc1. The number of nitrogens with zero attached hydrogens (tertiary/aromatic N) is 2. The monoisotopic (exact) mass is 657 g/mol. The fourth-order valence-electron chi connectivity index (χ4n) is 8.65. The van der Waals surface area contributed by atoms with Crippen molar-refractivity contribution in [2.75, 3.05) is 4.90 Å². The molecule has 1 unspecified atom stereocenters. The van der Waals surface area contributed by atoms with Gasteiger partial charge in [0.05, 0.1) is 27.8 Å². The van der Waals surface area contributed by atoms with E-state index < -0.39 is 5.41 Å². The van der Waals surface area contributed by atoms with E-state index >= 15 is 0 Å². The molecule has 4 heteroatoms. The predicted octanol–water partition coefficient (Wildman–Crippen LogP) is 11.6. The predicted molar refractivity (Wildman–Crippen MR) is 209 cm³/mol. The molecular formula is C47H35N3O. The van der Waals surface area contributed by atoms with Crippen molar-refractivity contribution in [2.24, 2.45) is 5.73 Å². The minimum Gasteiger partial charge on any atom is -0.457 e. The summed E-state index contributed by atoms with van der Waals surface area (Å²) < 4.78 is 9.14. The molecule has 3 heterocycles. The van der Waals surface area contributed by atoms with E-state index in [4.69, 9.17) is 10.5 Å². The van der Waals surface area contributed by atoms with Crippen LogP contribution in [0.25, 0.3) is 27.6 Å². The van der Waals surface area contributed by atoms with Crippen molar-refractivity contribution >= 4 is 44.7 Å². The summed E-state index contributed by atoms with van der Waals surface area (Å²) in [6.45, 7) is 2.19. The van der Waals surface area contributed by atoms with E-state index in [1.807, 2.05) is 6.07 Å². The smallest absolute Gasteiger partial charge is 0.134 e. The lowest BCUT2D eigenvalue weighted by Crippen LogP contribution is -2.39. The van der Waals surface area contributed by atoms with E-state index in [1.54, 1.807) is 0 Å². The molecule has 1 aromatic heterocycles. The average Bonchev–Trinajstić information content (AvgIpc) is 3.51. The van der Waals surface area contributed by atoms with Crippen molar-refractivity contribution in [3.8, 4) is 11.5 Å². The van der Waals surface area contributed by atoms with Crippen LogP contribution in [0.3, 0.4) is 0 Å². The van der Waals surface area contributed by atoms with Gasteiger partial charge in [-0.15, -0.1) is 0 Å². The van der Waals surface area contributed by atoms with Crippen molar-refractivity contribution < 1.29 is 4.74 Å². The minimum atomic E-state index is -0.650. The van der Waals surface area contributed by atoms with Gasteiger partial charge in [0.25, 0.3) is 0 Å². The highest BCUT2D eigenvalue weighted by atomic mass is 16.5. The molecule has 7 aromatic carbocycles. The second-order valence-electron chi connectivity index (χ2n) is 13.6. The summed E-state index contributed by atoms with van der Waals surface area (Å²) >= 11 is 0. The Labute approximate surface area is 297 Å². The van der Waals surface area contributed by atoms with Gasteiger partial charge in [-0.1, -0.05) is 128 Å². The van der Waals surface area contributed by atoms with E-state index in [0.29, 0.717) is 5.82 Å². The highest BCUT2D eigenvalue weighted by molar-refractivity contribution is 6.11. The number of benzene rings is 7. The van der Waals surface area contributed by atoms with Crippen LogP contribution in [0.15, 0.2) is 176 Å². The Morgan fingerprint density at radius 3 is 1.88 bits per heavy atom. The van der Waals surface area contributed by atoms with Gasteiger partial charge in [0.1, 0.15) is 17.3 Å². The van der Waals surface area contributed by atoms with E-state index in [-0.39, 0.29) is 5.92 Å². The molecule has 4 nitrogen and oxygen atoms in total. The number of hydrogen-bond acceptors (Lipinski definition) is 3. The van der Waals surface area contributed by atoms with Crippen molar-refractivity contribution in [1.82, 2.24) is 4.57 Å². The van der Waals surface area contributed by atoms with Crippen LogP contribution in [0.4, 0.5) is 17.1 Å². The standard InChI is InChI=1S/C47H35N3O/c1-31(32-16-4-2-5-17-32)28-46(48)50-40-24-12-8-20-34(40)35-29-39-45(30-43(35)50)51-44-27-15-11-23-38(44)47(39)36-21-9-13-25-41(36)49(33-18-6-3-7-19-33)42-26-14-10-22-37(42)47/h2-31H,48H2,1H3/b46-28+. The van der Waals surface area contributed by atoms with Gasteiger partial charge in [0.15, 0.2) is 0 Å². The van der Waals surface area contributed by atoms with Gasteiger partial charge in [-0.2, -0.15) is 0 Å². The maximum absolute atomic E-state index is 7.07. The first-order chi connectivity index (χ1) is 25.1. The van der Waals surface area contributed by atoms with E-state index in [2.05, 4.69) is 186 Å². The summed E-state index contributed by atoms with van der Waals surface area (Å²) in [6, 6.07) is 60.6. The number of allylic oxidation sites excluding steroid dienone is 1. The summed E-state index contributed by atoms with van der Waals surface area (Å²) in [4.78, 5) is 2.40. The highest BCUT2D eigenvalue weighted by Crippen LogP contribution is 2.63. The Morgan fingerprint density at radius 2 is 1.16 bits per heavy atom. The molecule has 2 aliphatic rings. The molecule has 0 fully saturated rings. The molecule has 1 spiro atoms. The van der Waals surface area contributed by atoms with Crippen LogP contribution in [0.1, 0.15) is 40.7 Å². The lowest BCUT2D eigenvalue weighted by molar-refractivity contribution is 0.435. The van der Waals surface area contributed by atoms with Crippen LogP contribution in [0.5, 0.6) is 11.5 Å². The summed E-state index contributed by atoms with van der Waals surface area (Å²) in [6.07, 6.45) is 2.16. The Kier molecular flexibility index (Phi) is 6.49. The molecule has 0 saturated carbocycles. The van der Waals surface area contributed by atoms with Gasteiger partial charge in [-0.05, 0) is 65.2 Å². The van der Waals surface area contributed by atoms with Gasteiger partial charge in [0, 0.05) is 39.6 Å². The molecule has 0 aliphatic carbocycles. The number of ether oxygens (including phenoxy) is 1. The molecule has 0 radical (unpaired) electrons. The van der Waals surface area contributed by atoms with E-state index in [0.717, 1.165) is 61.5 Å². The Hall–Kier alpha value is -6.52. The molecule has 0 bridgehead atoms. The zero-order chi connectivity index (χ0) is 34.1. The van der Waals surface area contributed by atoms with Crippen LogP contribution in [-0.2, 0) is 5.41 Å². The topological polar surface area (TPSA) is 43.4 Å². The molecule has 244 valence electrons. The summed E-state index contributed by atoms with van der Waals surface area (Å²) in [5.41, 5.74) is 17.8. The Balaban J connectivity index is 1.29. The number of fused-ring (bicyclic) bond motifs is 11. The molecule has 1 atom stereocenters. The molecule has 0 saturated heterocycles. The molecule has 2 aliphatic heterocycles. The first-order valence-electron chi connectivity index (χ1n) is 17.6. The van der Waals surface area contributed by atoms with Gasteiger partial charge < -0.3 is 15.4 Å². The number of aromatic nitrogens is 1. The average molecular weight is 658 g/mol. The Bertz CT molecular complexity index is 2610. The molecular weight excluding hydrogens is 623 g/mol. The summed E-state index contributed by atoms with van der Waals surface area (Å²) in [5.74, 6) is 2.50. The quantitative estimate of drug-likeness (QED) is 0.205. The van der Waals surface area contributed by atoms with Crippen molar-refractivity contribution in [3.05, 3.63) is 204 Å². The normalized spacial score (nSPS) is 14.8. The first-order valence-corrected chi connectivity index (χ1v) is 17.6. The van der Waals surface area contributed by atoms with Gasteiger partial charge in [-0.3, -0.25) is 4.57 Å². The lowest BCUT2D eigenvalue weighted by atomic mass is 9.61. The highest BCUT2D eigenvalue weighted by Gasteiger charge is 2.51. The van der Waals surface area contributed by atoms with Crippen LogP contribution < -0.4 is 15.4 Å². The molecule has 2 N–H and O–H groups in total. The van der Waals surface area contributed by atoms with Gasteiger partial charge in [0.2, 0.25) is 0 Å².